The number of carbonyl (C=O) groups is 2. The lowest BCUT2D eigenvalue weighted by molar-refractivity contribution is -0.137. The molecule has 0 atom stereocenters. The monoisotopic (exact) mass is 385 g/mol. The van der Waals surface area contributed by atoms with Crippen LogP contribution in [0.2, 0.25) is 0 Å². The molecule has 28 heavy (non-hydrogen) atoms. The van der Waals surface area contributed by atoms with Crippen LogP contribution in [-0.4, -0.2) is 26.2 Å². The molecule has 1 aromatic carbocycles. The molecule has 0 amide bonds. The first-order valence-corrected chi connectivity index (χ1v) is 8.58. The van der Waals surface area contributed by atoms with Crippen molar-refractivity contribution in [1.29, 1.82) is 0 Å². The zero-order chi connectivity index (χ0) is 20.4. The van der Waals surface area contributed by atoms with E-state index in [1.54, 1.807) is 38.1 Å². The molecular formula is C21H20FNO5. The Hall–Kier alpha value is -3.35. The normalized spacial score (nSPS) is 14.8. The van der Waals surface area contributed by atoms with Crippen LogP contribution < -0.4 is 5.32 Å². The van der Waals surface area contributed by atoms with Gasteiger partial charge in [0.1, 0.15) is 17.3 Å². The van der Waals surface area contributed by atoms with E-state index in [2.05, 4.69) is 5.32 Å². The van der Waals surface area contributed by atoms with Gasteiger partial charge in [-0.25, -0.2) is 14.0 Å². The van der Waals surface area contributed by atoms with E-state index in [-0.39, 0.29) is 17.0 Å². The van der Waals surface area contributed by atoms with Crippen molar-refractivity contribution in [2.24, 2.45) is 0 Å². The summed E-state index contributed by atoms with van der Waals surface area (Å²) in [6, 6.07) is 9.22. The first kappa shape index (κ1) is 19.4. The van der Waals surface area contributed by atoms with Gasteiger partial charge in [0.15, 0.2) is 0 Å². The summed E-state index contributed by atoms with van der Waals surface area (Å²) in [5, 5.41) is 3.03. The smallest absolute Gasteiger partial charge is 0.336 e. The van der Waals surface area contributed by atoms with Crippen LogP contribution >= 0.6 is 0 Å². The van der Waals surface area contributed by atoms with Crippen LogP contribution in [0.1, 0.15) is 25.5 Å². The molecule has 3 rings (SSSR count). The SMILES string of the molecule is COC(=O)C1=C(C)NC(C)=C(C(=O)OC)C1c1ccc(-c2ccc(F)cc2)o1. The predicted molar refractivity (Wildman–Crippen MR) is 99.4 cm³/mol. The molecule has 0 fully saturated rings. The Kier molecular flexibility index (Phi) is 5.35. The van der Waals surface area contributed by atoms with Gasteiger partial charge in [-0.1, -0.05) is 0 Å². The van der Waals surface area contributed by atoms with Gasteiger partial charge >= 0.3 is 11.9 Å². The molecule has 0 unspecified atom stereocenters. The number of allylic oxidation sites excluding steroid dienone is 2. The quantitative estimate of drug-likeness (QED) is 0.810. The zero-order valence-electron chi connectivity index (χ0n) is 16.0. The number of ether oxygens (including phenoxy) is 2. The van der Waals surface area contributed by atoms with E-state index in [0.29, 0.717) is 28.5 Å². The molecule has 146 valence electrons. The molecule has 2 aromatic rings. The molecule has 1 aliphatic rings. The van der Waals surface area contributed by atoms with Gasteiger partial charge in [0.05, 0.1) is 31.3 Å². The maximum atomic E-state index is 13.2. The first-order valence-electron chi connectivity index (χ1n) is 8.58. The van der Waals surface area contributed by atoms with Gasteiger partial charge in [-0.05, 0) is 50.2 Å². The maximum Gasteiger partial charge on any atom is 0.336 e. The number of halogens is 1. The standard InChI is InChI=1S/C21H20FNO5/c1-11-17(20(24)26-3)19(18(12(2)23-11)21(25)27-4)16-10-9-15(28-16)13-5-7-14(22)8-6-13/h5-10,19,23H,1-4H3. The lowest BCUT2D eigenvalue weighted by Gasteiger charge is -2.28. The second-order valence-corrected chi connectivity index (χ2v) is 6.33. The fourth-order valence-corrected chi connectivity index (χ4v) is 3.32. The lowest BCUT2D eigenvalue weighted by atomic mass is 9.83. The molecule has 0 spiro atoms. The number of methoxy groups -OCH3 is 2. The van der Waals surface area contributed by atoms with E-state index in [1.165, 1.54) is 26.4 Å². The molecule has 1 N–H and O–H groups in total. The minimum atomic E-state index is -0.796. The number of hydrogen-bond acceptors (Lipinski definition) is 6. The Balaban J connectivity index is 2.13. The van der Waals surface area contributed by atoms with Crippen molar-refractivity contribution in [3.8, 4) is 11.3 Å². The summed E-state index contributed by atoms with van der Waals surface area (Å²) in [5.41, 5.74) is 2.30. The average Bonchev–Trinajstić information content (AvgIpc) is 3.16. The Morgan fingerprint density at radius 1 is 0.929 bits per heavy atom. The predicted octanol–water partition coefficient (Wildman–Crippen LogP) is 3.67. The van der Waals surface area contributed by atoms with Crippen LogP contribution in [0.4, 0.5) is 4.39 Å². The third-order valence-electron chi connectivity index (χ3n) is 4.61. The van der Waals surface area contributed by atoms with Crippen molar-refractivity contribution in [3.05, 3.63) is 70.5 Å². The fourth-order valence-electron chi connectivity index (χ4n) is 3.32. The lowest BCUT2D eigenvalue weighted by Crippen LogP contribution is -2.31. The summed E-state index contributed by atoms with van der Waals surface area (Å²) in [7, 11) is 2.55. The van der Waals surface area contributed by atoms with Crippen molar-refractivity contribution in [3.63, 3.8) is 0 Å². The Labute approximate surface area is 161 Å². The molecule has 6 nitrogen and oxygen atoms in total. The Morgan fingerprint density at radius 2 is 1.46 bits per heavy atom. The molecule has 7 heteroatoms. The molecule has 0 bridgehead atoms. The summed E-state index contributed by atoms with van der Waals surface area (Å²) < 4.78 is 29.0. The van der Waals surface area contributed by atoms with E-state index in [9.17, 15) is 14.0 Å². The topological polar surface area (TPSA) is 77.8 Å². The maximum absolute atomic E-state index is 13.2. The molecule has 0 radical (unpaired) electrons. The highest BCUT2D eigenvalue weighted by molar-refractivity contribution is 5.99. The molecule has 0 saturated heterocycles. The van der Waals surface area contributed by atoms with Crippen molar-refractivity contribution in [1.82, 2.24) is 5.32 Å². The summed E-state index contributed by atoms with van der Waals surface area (Å²) in [6.45, 7) is 3.45. The van der Waals surface area contributed by atoms with Gasteiger partial charge in [-0.15, -0.1) is 0 Å². The highest BCUT2D eigenvalue weighted by Gasteiger charge is 2.39. The molecular weight excluding hydrogens is 365 g/mol. The second kappa shape index (κ2) is 7.72. The van der Waals surface area contributed by atoms with E-state index in [1.807, 2.05) is 0 Å². The van der Waals surface area contributed by atoms with Crippen LogP contribution in [0.5, 0.6) is 0 Å². The molecule has 0 aliphatic carbocycles. The molecule has 2 heterocycles. The average molecular weight is 385 g/mol. The first-order chi connectivity index (χ1) is 13.4. The Morgan fingerprint density at radius 3 is 1.96 bits per heavy atom. The van der Waals surface area contributed by atoms with Gasteiger partial charge in [0.2, 0.25) is 0 Å². The van der Waals surface area contributed by atoms with Crippen molar-refractivity contribution < 1.29 is 27.9 Å². The second-order valence-electron chi connectivity index (χ2n) is 6.33. The van der Waals surface area contributed by atoms with Gasteiger partial charge in [-0.3, -0.25) is 0 Å². The van der Waals surface area contributed by atoms with Gasteiger partial charge < -0.3 is 19.2 Å². The summed E-state index contributed by atoms with van der Waals surface area (Å²) in [6.07, 6.45) is 0. The minimum absolute atomic E-state index is 0.258. The van der Waals surface area contributed by atoms with Crippen molar-refractivity contribution in [2.45, 2.75) is 19.8 Å². The highest BCUT2D eigenvalue weighted by Crippen LogP contribution is 2.40. The summed E-state index contributed by atoms with van der Waals surface area (Å²) >= 11 is 0. The number of rotatable bonds is 4. The van der Waals surface area contributed by atoms with Gasteiger partial charge in [0, 0.05) is 17.0 Å². The minimum Gasteiger partial charge on any atom is -0.466 e. The summed E-state index contributed by atoms with van der Waals surface area (Å²) in [5.74, 6) is -1.45. The van der Waals surface area contributed by atoms with E-state index < -0.39 is 17.9 Å². The number of furan rings is 1. The zero-order valence-corrected chi connectivity index (χ0v) is 16.0. The van der Waals surface area contributed by atoms with Crippen LogP contribution in [0.3, 0.4) is 0 Å². The molecule has 0 saturated carbocycles. The molecule has 1 aliphatic heterocycles. The van der Waals surface area contributed by atoms with Gasteiger partial charge in [0.25, 0.3) is 0 Å². The molecule has 1 aromatic heterocycles. The number of benzene rings is 1. The van der Waals surface area contributed by atoms with Crippen LogP contribution in [0.25, 0.3) is 11.3 Å². The third-order valence-corrected chi connectivity index (χ3v) is 4.61. The van der Waals surface area contributed by atoms with E-state index in [4.69, 9.17) is 13.9 Å². The van der Waals surface area contributed by atoms with Gasteiger partial charge in [-0.2, -0.15) is 0 Å². The van der Waals surface area contributed by atoms with E-state index in [0.717, 1.165) is 0 Å². The number of carbonyl (C=O) groups excluding carboxylic acids is 2. The van der Waals surface area contributed by atoms with Crippen LogP contribution in [-0.2, 0) is 19.1 Å². The van der Waals surface area contributed by atoms with Crippen LogP contribution in [0.15, 0.2) is 63.4 Å². The number of esters is 2. The number of hydrogen-bond donors (Lipinski definition) is 1. The fraction of sp³-hybridized carbons (Fsp3) is 0.238. The van der Waals surface area contributed by atoms with Crippen molar-refractivity contribution >= 4 is 11.9 Å². The largest absolute Gasteiger partial charge is 0.466 e. The number of dihydropyridines is 1. The highest BCUT2D eigenvalue weighted by atomic mass is 19.1. The Bertz CT molecular complexity index is 946. The van der Waals surface area contributed by atoms with E-state index >= 15 is 0 Å². The summed E-state index contributed by atoms with van der Waals surface area (Å²) in [4.78, 5) is 24.9. The number of nitrogens with one attached hydrogen (secondary N) is 1. The third kappa shape index (κ3) is 3.43. The van der Waals surface area contributed by atoms with Crippen LogP contribution in [0, 0.1) is 5.82 Å². The van der Waals surface area contributed by atoms with Crippen molar-refractivity contribution in [2.75, 3.05) is 14.2 Å².